The summed E-state index contributed by atoms with van der Waals surface area (Å²) in [5.41, 5.74) is 2.20. The van der Waals surface area contributed by atoms with E-state index in [0.29, 0.717) is 24.4 Å². The second kappa shape index (κ2) is 9.22. The monoisotopic (exact) mass is 425 g/mol. The average Bonchev–Trinajstić information content (AvgIpc) is 3.60. The first kappa shape index (κ1) is 20.9. The van der Waals surface area contributed by atoms with E-state index in [1.54, 1.807) is 7.11 Å². The quantitative estimate of drug-likeness (QED) is 0.634. The highest BCUT2D eigenvalue weighted by Gasteiger charge is 2.38. The number of piperidine rings is 1. The number of halogens is 1. The van der Waals surface area contributed by atoms with Gasteiger partial charge >= 0.3 is 0 Å². The summed E-state index contributed by atoms with van der Waals surface area (Å²) in [5.74, 6) is 1.94. The van der Waals surface area contributed by atoms with Crippen molar-refractivity contribution in [2.45, 2.75) is 38.0 Å². The van der Waals surface area contributed by atoms with Gasteiger partial charge in [0.25, 0.3) is 0 Å². The van der Waals surface area contributed by atoms with Crippen molar-refractivity contribution >= 4 is 23.3 Å². The summed E-state index contributed by atoms with van der Waals surface area (Å²) in [6, 6.07) is 15.6. The van der Waals surface area contributed by atoms with Crippen LogP contribution in [0.1, 0.15) is 42.7 Å². The fourth-order valence-electron chi connectivity index (χ4n) is 4.51. The minimum atomic E-state index is 0.134. The standard InChI is InChI=1S/C25H28ClNO3/c1-30-23-10-6-18(7-11-23)24-12-13-27(25(29)19-4-5-19)16-20(24)15-22(28)14-17-2-8-21(26)9-3-17/h2-3,6-11,19-20,24H,4-5,12-16H2,1H3/t20-,24?/m1/s1. The molecule has 1 amide bonds. The van der Waals surface area contributed by atoms with Gasteiger partial charge in [-0.25, -0.2) is 0 Å². The molecule has 1 aliphatic heterocycles. The van der Waals surface area contributed by atoms with Gasteiger partial charge < -0.3 is 9.64 Å². The maximum atomic E-state index is 12.9. The van der Waals surface area contributed by atoms with Crippen molar-refractivity contribution in [2.24, 2.45) is 11.8 Å². The fourth-order valence-corrected chi connectivity index (χ4v) is 4.64. The van der Waals surface area contributed by atoms with Gasteiger partial charge in [-0.05, 0) is 66.5 Å². The molecule has 2 fully saturated rings. The van der Waals surface area contributed by atoms with Gasteiger partial charge in [-0.15, -0.1) is 0 Å². The minimum absolute atomic E-state index is 0.134. The van der Waals surface area contributed by atoms with Crippen molar-refractivity contribution in [3.8, 4) is 5.75 Å². The maximum absolute atomic E-state index is 12.9. The van der Waals surface area contributed by atoms with Crippen molar-refractivity contribution in [2.75, 3.05) is 20.2 Å². The molecule has 1 saturated heterocycles. The third-order valence-electron chi connectivity index (χ3n) is 6.32. The van der Waals surface area contributed by atoms with Crippen LogP contribution in [0.2, 0.25) is 5.02 Å². The Bertz CT molecular complexity index is 890. The fraction of sp³-hybridized carbons (Fsp3) is 0.440. The number of hydrogen-bond acceptors (Lipinski definition) is 3. The second-order valence-corrected chi connectivity index (χ2v) is 8.97. The zero-order valence-electron chi connectivity index (χ0n) is 17.4. The zero-order chi connectivity index (χ0) is 21.1. The van der Waals surface area contributed by atoms with Crippen LogP contribution in [-0.4, -0.2) is 36.8 Å². The lowest BCUT2D eigenvalue weighted by Gasteiger charge is -2.39. The number of amides is 1. The molecule has 30 heavy (non-hydrogen) atoms. The first-order chi connectivity index (χ1) is 14.5. The van der Waals surface area contributed by atoms with Crippen molar-refractivity contribution in [3.63, 3.8) is 0 Å². The summed E-state index contributed by atoms with van der Waals surface area (Å²) in [4.78, 5) is 27.6. The van der Waals surface area contributed by atoms with Crippen LogP contribution in [0, 0.1) is 11.8 Å². The summed E-state index contributed by atoms with van der Waals surface area (Å²) in [5, 5.41) is 0.673. The lowest BCUT2D eigenvalue weighted by Crippen LogP contribution is -2.44. The van der Waals surface area contributed by atoms with Gasteiger partial charge in [-0.1, -0.05) is 35.9 Å². The van der Waals surface area contributed by atoms with Crippen molar-refractivity contribution < 1.29 is 14.3 Å². The smallest absolute Gasteiger partial charge is 0.225 e. The molecule has 1 heterocycles. The molecule has 0 radical (unpaired) electrons. The number of ketones is 1. The Morgan fingerprint density at radius 3 is 2.37 bits per heavy atom. The summed E-state index contributed by atoms with van der Waals surface area (Å²) >= 11 is 5.96. The third kappa shape index (κ3) is 5.04. The van der Waals surface area contributed by atoms with Gasteiger partial charge in [0.1, 0.15) is 11.5 Å². The predicted molar refractivity (Wildman–Crippen MR) is 118 cm³/mol. The number of carbonyl (C=O) groups excluding carboxylic acids is 2. The van der Waals surface area contributed by atoms with Crippen LogP contribution in [0.5, 0.6) is 5.75 Å². The van der Waals surface area contributed by atoms with Gasteiger partial charge in [0, 0.05) is 36.9 Å². The molecule has 2 aliphatic rings. The van der Waals surface area contributed by atoms with Crippen LogP contribution in [0.15, 0.2) is 48.5 Å². The molecule has 4 rings (SSSR count). The summed E-state index contributed by atoms with van der Waals surface area (Å²) in [7, 11) is 1.66. The SMILES string of the molecule is COc1ccc(C2CCN(C(=O)C3CC3)C[C@H]2CC(=O)Cc2ccc(Cl)cc2)cc1. The minimum Gasteiger partial charge on any atom is -0.497 e. The normalized spacial score (nSPS) is 21.3. The van der Waals surface area contributed by atoms with E-state index < -0.39 is 0 Å². The maximum Gasteiger partial charge on any atom is 0.225 e. The molecule has 2 aromatic carbocycles. The molecule has 1 unspecified atom stereocenters. The van der Waals surface area contributed by atoms with Crippen molar-refractivity contribution in [1.82, 2.24) is 4.90 Å². The van der Waals surface area contributed by atoms with Crippen LogP contribution in [0.4, 0.5) is 0 Å². The van der Waals surface area contributed by atoms with Gasteiger partial charge in [0.2, 0.25) is 5.91 Å². The number of nitrogens with zero attached hydrogens (tertiary/aromatic N) is 1. The first-order valence-electron chi connectivity index (χ1n) is 10.7. The lowest BCUT2D eigenvalue weighted by atomic mass is 9.77. The number of methoxy groups -OCH3 is 1. The van der Waals surface area contributed by atoms with Gasteiger partial charge in [0.15, 0.2) is 0 Å². The molecule has 2 aromatic rings. The summed E-state index contributed by atoms with van der Waals surface area (Å²) < 4.78 is 5.29. The molecular weight excluding hydrogens is 398 g/mol. The van der Waals surface area contributed by atoms with Gasteiger partial charge in [-0.3, -0.25) is 9.59 Å². The van der Waals surface area contributed by atoms with E-state index in [1.165, 1.54) is 5.56 Å². The van der Waals surface area contributed by atoms with E-state index in [4.69, 9.17) is 16.3 Å². The zero-order valence-corrected chi connectivity index (χ0v) is 18.1. The van der Waals surface area contributed by atoms with E-state index in [-0.39, 0.29) is 29.4 Å². The van der Waals surface area contributed by atoms with E-state index in [0.717, 1.165) is 37.1 Å². The van der Waals surface area contributed by atoms with E-state index in [2.05, 4.69) is 12.1 Å². The third-order valence-corrected chi connectivity index (χ3v) is 6.57. The van der Waals surface area contributed by atoms with Crippen LogP contribution >= 0.6 is 11.6 Å². The molecule has 0 N–H and O–H groups in total. The number of benzene rings is 2. The average molecular weight is 426 g/mol. The Kier molecular flexibility index (Phi) is 6.43. The molecule has 158 valence electrons. The largest absolute Gasteiger partial charge is 0.497 e. The second-order valence-electron chi connectivity index (χ2n) is 8.53. The van der Waals surface area contributed by atoms with E-state index in [1.807, 2.05) is 41.3 Å². The Balaban J connectivity index is 1.48. The molecule has 0 aromatic heterocycles. The number of Topliss-reactive ketones (excluding diaryl/α,β-unsaturated/α-hetero) is 1. The molecule has 0 spiro atoms. The molecule has 1 aliphatic carbocycles. The van der Waals surface area contributed by atoms with Gasteiger partial charge in [0.05, 0.1) is 7.11 Å². The molecule has 1 saturated carbocycles. The number of carbonyl (C=O) groups is 2. The van der Waals surface area contributed by atoms with Crippen LogP contribution in [0.3, 0.4) is 0 Å². The van der Waals surface area contributed by atoms with Crippen LogP contribution in [0.25, 0.3) is 0 Å². The number of rotatable bonds is 7. The van der Waals surface area contributed by atoms with E-state index >= 15 is 0 Å². The Hall–Kier alpha value is -2.33. The lowest BCUT2D eigenvalue weighted by molar-refractivity contribution is -0.135. The first-order valence-corrected chi connectivity index (χ1v) is 11.1. The topological polar surface area (TPSA) is 46.6 Å². The highest BCUT2D eigenvalue weighted by Crippen LogP contribution is 2.39. The predicted octanol–water partition coefficient (Wildman–Crippen LogP) is 4.89. The number of hydrogen-bond donors (Lipinski definition) is 0. The molecular formula is C25H28ClNO3. The highest BCUT2D eigenvalue weighted by atomic mass is 35.5. The molecule has 4 nitrogen and oxygen atoms in total. The van der Waals surface area contributed by atoms with Crippen molar-refractivity contribution in [3.05, 3.63) is 64.7 Å². The number of likely N-dealkylation sites (tertiary alicyclic amines) is 1. The highest BCUT2D eigenvalue weighted by molar-refractivity contribution is 6.30. The Labute approximate surface area is 183 Å². The molecule has 0 bridgehead atoms. The van der Waals surface area contributed by atoms with Gasteiger partial charge in [-0.2, -0.15) is 0 Å². The number of ether oxygens (including phenoxy) is 1. The van der Waals surface area contributed by atoms with Crippen LogP contribution < -0.4 is 4.74 Å². The Morgan fingerprint density at radius 1 is 1.03 bits per heavy atom. The van der Waals surface area contributed by atoms with Crippen molar-refractivity contribution in [1.29, 1.82) is 0 Å². The summed E-state index contributed by atoms with van der Waals surface area (Å²) in [6.07, 6.45) is 3.80. The summed E-state index contributed by atoms with van der Waals surface area (Å²) in [6.45, 7) is 1.44. The van der Waals surface area contributed by atoms with Crippen LogP contribution in [-0.2, 0) is 16.0 Å². The molecule has 5 heteroatoms. The molecule has 2 atom stereocenters. The van der Waals surface area contributed by atoms with E-state index in [9.17, 15) is 9.59 Å². The Morgan fingerprint density at radius 2 is 1.73 bits per heavy atom.